The molecule has 0 rings (SSSR count). The molecule has 0 spiro atoms. The third-order valence-corrected chi connectivity index (χ3v) is 0.828. The van der Waals surface area contributed by atoms with Gasteiger partial charge in [-0.2, -0.15) is 0 Å². The molecule has 0 aliphatic heterocycles. The van der Waals surface area contributed by atoms with E-state index >= 15 is 0 Å². The van der Waals surface area contributed by atoms with Gasteiger partial charge < -0.3 is 11.1 Å². The summed E-state index contributed by atoms with van der Waals surface area (Å²) in [5, 5.41) is 3.03. The van der Waals surface area contributed by atoms with Crippen molar-refractivity contribution in [1.29, 1.82) is 0 Å². The van der Waals surface area contributed by atoms with Crippen molar-refractivity contribution in [2.75, 3.05) is 13.1 Å². The van der Waals surface area contributed by atoms with Crippen LogP contribution in [0.25, 0.3) is 0 Å². The maximum Gasteiger partial charge on any atom is 0.0788 e. The number of hydrogen-bond acceptors (Lipinski definition) is 2. The van der Waals surface area contributed by atoms with E-state index in [2.05, 4.69) is 11.2 Å². The average molecular weight is 112 g/mol. The monoisotopic (exact) mass is 112 g/mol. The number of rotatable bonds is 3. The average Bonchev–Trinajstić information content (AvgIpc) is 1.83. The Bertz CT molecular complexity index is 83.0. The van der Waals surface area contributed by atoms with E-state index in [1.54, 1.807) is 0 Å². The molecule has 0 bridgehead atoms. The Kier molecular flexibility index (Phi) is 4.33. The molecule has 1 atom stereocenters. The van der Waals surface area contributed by atoms with E-state index < -0.39 is 0 Å². The van der Waals surface area contributed by atoms with E-state index in [1.807, 2.05) is 6.92 Å². The summed E-state index contributed by atoms with van der Waals surface area (Å²) in [4.78, 5) is 0. The zero-order valence-corrected chi connectivity index (χ0v) is 5.15. The topological polar surface area (TPSA) is 38.0 Å². The molecular weight excluding hydrogens is 100 g/mol. The van der Waals surface area contributed by atoms with Crippen LogP contribution in [0.2, 0.25) is 0 Å². The quantitative estimate of drug-likeness (QED) is 0.486. The van der Waals surface area contributed by atoms with E-state index in [-0.39, 0.29) is 6.04 Å². The van der Waals surface area contributed by atoms with Crippen molar-refractivity contribution in [2.24, 2.45) is 5.73 Å². The summed E-state index contributed by atoms with van der Waals surface area (Å²) in [6, 6.07) is -0.130. The van der Waals surface area contributed by atoms with Crippen LogP contribution in [0.5, 0.6) is 0 Å². The fourth-order valence-electron chi connectivity index (χ4n) is 0.359. The molecule has 0 aliphatic carbocycles. The van der Waals surface area contributed by atoms with Crippen molar-refractivity contribution in [1.82, 2.24) is 5.32 Å². The molecule has 2 heteroatoms. The molecule has 0 fully saturated rings. The molecule has 0 heterocycles. The Morgan fingerprint density at radius 1 is 1.88 bits per heavy atom. The van der Waals surface area contributed by atoms with Crippen molar-refractivity contribution < 1.29 is 0 Å². The highest BCUT2D eigenvalue weighted by atomic mass is 14.9. The third-order valence-electron chi connectivity index (χ3n) is 0.828. The molecule has 0 saturated carbocycles. The highest BCUT2D eigenvalue weighted by Crippen LogP contribution is 1.67. The largest absolute Gasteiger partial charge is 0.317 e. The molecule has 0 aromatic carbocycles. The lowest BCUT2D eigenvalue weighted by molar-refractivity contribution is 0.673. The summed E-state index contributed by atoms with van der Waals surface area (Å²) in [7, 11) is 0. The summed E-state index contributed by atoms with van der Waals surface area (Å²) < 4.78 is 0. The van der Waals surface area contributed by atoms with Gasteiger partial charge in [0.1, 0.15) is 0 Å². The standard InChI is InChI=1S/C6H12N2/c1-3-6(7)5-8-4-2/h1,6,8H,4-5,7H2,2H3. The highest BCUT2D eigenvalue weighted by molar-refractivity contribution is 4.97. The van der Waals surface area contributed by atoms with Gasteiger partial charge in [-0.25, -0.2) is 0 Å². The van der Waals surface area contributed by atoms with Gasteiger partial charge in [-0.3, -0.25) is 0 Å². The van der Waals surface area contributed by atoms with Crippen molar-refractivity contribution in [3.8, 4) is 12.3 Å². The van der Waals surface area contributed by atoms with Crippen LogP contribution in [0.1, 0.15) is 6.92 Å². The summed E-state index contributed by atoms with van der Waals surface area (Å²) in [5.41, 5.74) is 5.36. The lowest BCUT2D eigenvalue weighted by Gasteiger charge is -2.01. The lowest BCUT2D eigenvalue weighted by Crippen LogP contribution is -2.32. The van der Waals surface area contributed by atoms with Crippen LogP contribution < -0.4 is 11.1 Å². The molecule has 0 aromatic heterocycles. The first-order chi connectivity index (χ1) is 3.81. The molecule has 0 radical (unpaired) electrons. The van der Waals surface area contributed by atoms with Crippen LogP contribution in [0.4, 0.5) is 0 Å². The Morgan fingerprint density at radius 2 is 2.50 bits per heavy atom. The van der Waals surface area contributed by atoms with Crippen molar-refractivity contribution >= 4 is 0 Å². The number of hydrogen-bond donors (Lipinski definition) is 2. The number of nitrogens with two attached hydrogens (primary N) is 1. The Balaban J connectivity index is 3.02. The summed E-state index contributed by atoms with van der Waals surface area (Å²) in [6.45, 7) is 3.66. The third kappa shape index (κ3) is 3.66. The van der Waals surface area contributed by atoms with E-state index in [4.69, 9.17) is 12.2 Å². The summed E-state index contributed by atoms with van der Waals surface area (Å²) in [6.07, 6.45) is 5.00. The van der Waals surface area contributed by atoms with Gasteiger partial charge in [-0.1, -0.05) is 12.8 Å². The fraction of sp³-hybridized carbons (Fsp3) is 0.667. The molecule has 46 valence electrons. The Labute approximate surface area is 50.5 Å². The van der Waals surface area contributed by atoms with Crippen LogP contribution >= 0.6 is 0 Å². The van der Waals surface area contributed by atoms with Gasteiger partial charge >= 0.3 is 0 Å². The first-order valence-corrected chi connectivity index (χ1v) is 2.73. The highest BCUT2D eigenvalue weighted by Gasteiger charge is 1.91. The van der Waals surface area contributed by atoms with E-state index in [1.165, 1.54) is 0 Å². The predicted molar refractivity (Wildman–Crippen MR) is 35.4 cm³/mol. The van der Waals surface area contributed by atoms with Crippen molar-refractivity contribution in [3.05, 3.63) is 0 Å². The number of nitrogens with one attached hydrogen (secondary N) is 1. The molecule has 3 N–H and O–H groups in total. The van der Waals surface area contributed by atoms with Crippen molar-refractivity contribution in [3.63, 3.8) is 0 Å². The minimum atomic E-state index is -0.130. The van der Waals surface area contributed by atoms with E-state index in [0.29, 0.717) is 6.54 Å². The fourth-order valence-corrected chi connectivity index (χ4v) is 0.359. The van der Waals surface area contributed by atoms with Gasteiger partial charge in [0.15, 0.2) is 0 Å². The summed E-state index contributed by atoms with van der Waals surface area (Å²) in [5.74, 6) is 2.42. The first kappa shape index (κ1) is 7.48. The van der Waals surface area contributed by atoms with E-state index in [9.17, 15) is 0 Å². The SMILES string of the molecule is C#CC(N)CNCC. The minimum absolute atomic E-state index is 0.130. The molecule has 8 heavy (non-hydrogen) atoms. The van der Waals surface area contributed by atoms with E-state index in [0.717, 1.165) is 6.54 Å². The molecule has 2 nitrogen and oxygen atoms in total. The maximum atomic E-state index is 5.36. The van der Waals surface area contributed by atoms with Gasteiger partial charge in [0.25, 0.3) is 0 Å². The molecule has 1 unspecified atom stereocenters. The van der Waals surface area contributed by atoms with Gasteiger partial charge in [-0.15, -0.1) is 6.42 Å². The molecule has 0 aromatic rings. The molecule has 0 aliphatic rings. The van der Waals surface area contributed by atoms with Crippen LogP contribution in [0, 0.1) is 12.3 Å². The van der Waals surface area contributed by atoms with Crippen LogP contribution in [0.15, 0.2) is 0 Å². The lowest BCUT2D eigenvalue weighted by atomic mass is 10.3. The Morgan fingerprint density at radius 3 is 2.88 bits per heavy atom. The minimum Gasteiger partial charge on any atom is -0.317 e. The molecule has 0 saturated heterocycles. The smallest absolute Gasteiger partial charge is 0.0788 e. The maximum absolute atomic E-state index is 5.36. The van der Waals surface area contributed by atoms with Gasteiger partial charge in [0.05, 0.1) is 6.04 Å². The van der Waals surface area contributed by atoms with Crippen LogP contribution in [0.3, 0.4) is 0 Å². The zero-order valence-electron chi connectivity index (χ0n) is 5.15. The number of terminal acetylenes is 1. The molecular formula is C6H12N2. The second kappa shape index (κ2) is 4.63. The van der Waals surface area contributed by atoms with Crippen LogP contribution in [-0.2, 0) is 0 Å². The van der Waals surface area contributed by atoms with Gasteiger partial charge in [0, 0.05) is 6.54 Å². The van der Waals surface area contributed by atoms with Crippen LogP contribution in [-0.4, -0.2) is 19.1 Å². The number of likely N-dealkylation sites (N-methyl/N-ethyl adjacent to an activating group) is 1. The van der Waals surface area contributed by atoms with Crippen molar-refractivity contribution in [2.45, 2.75) is 13.0 Å². The predicted octanol–water partition coefficient (Wildman–Crippen LogP) is -0.444. The second-order valence-electron chi connectivity index (χ2n) is 1.58. The second-order valence-corrected chi connectivity index (χ2v) is 1.58. The zero-order chi connectivity index (χ0) is 6.41. The van der Waals surface area contributed by atoms with Gasteiger partial charge in [0.2, 0.25) is 0 Å². The first-order valence-electron chi connectivity index (χ1n) is 2.73. The summed E-state index contributed by atoms with van der Waals surface area (Å²) >= 11 is 0. The normalized spacial score (nSPS) is 12.6. The van der Waals surface area contributed by atoms with Gasteiger partial charge in [-0.05, 0) is 6.54 Å². The Hall–Kier alpha value is -0.520. The molecule has 0 amide bonds.